The van der Waals surface area contributed by atoms with Crippen molar-refractivity contribution in [3.05, 3.63) is 294 Å². The molecule has 0 spiro atoms. The summed E-state index contributed by atoms with van der Waals surface area (Å²) in [6.45, 7) is 24.4. The molecule has 0 radical (unpaired) electrons. The molecule has 11 aromatic carbocycles. The van der Waals surface area contributed by atoms with E-state index in [1.807, 2.05) is 200 Å². The Balaban J connectivity index is 1.15. The fourth-order valence-electron chi connectivity index (χ4n) is 11.8. The molecule has 0 aliphatic rings. The summed E-state index contributed by atoms with van der Waals surface area (Å²) in [7, 11) is 0. The predicted octanol–water partition coefficient (Wildman–Crippen LogP) is 19.7. The Hall–Kier alpha value is -12.5. The third-order valence-corrected chi connectivity index (χ3v) is 15.7. The first kappa shape index (κ1) is 49.8. The summed E-state index contributed by atoms with van der Waals surface area (Å²) >= 11 is 0. The van der Waals surface area contributed by atoms with Gasteiger partial charge in [0.05, 0.1) is 93.4 Å². The van der Waals surface area contributed by atoms with Crippen molar-refractivity contribution in [1.29, 1.82) is 10.5 Å². The Labute approximate surface area is 483 Å². The minimum Gasteiger partial charge on any atom is -0.308 e. The van der Waals surface area contributed by atoms with Crippen LogP contribution in [0.2, 0.25) is 0 Å². The quantitative estimate of drug-likeness (QED) is 0.135. The number of benzene rings is 11. The monoisotopic (exact) mass is 1070 g/mol. The molecule has 0 fully saturated rings. The summed E-state index contributed by atoms with van der Waals surface area (Å²) in [5.41, 5.74) is 17.5. The van der Waals surface area contributed by atoms with Gasteiger partial charge in [0.1, 0.15) is 0 Å². The van der Waals surface area contributed by atoms with Crippen LogP contribution in [-0.2, 0) is 0 Å². The van der Waals surface area contributed by atoms with Gasteiger partial charge in [-0.3, -0.25) is 0 Å². The fraction of sp³-hybridized carbons (Fsp3) is 0. The van der Waals surface area contributed by atoms with E-state index in [-0.39, 0.29) is 0 Å². The second kappa shape index (κ2) is 20.7. The van der Waals surface area contributed by atoms with Crippen LogP contribution in [0.4, 0.5) is 17.1 Å². The van der Waals surface area contributed by atoms with E-state index in [2.05, 4.69) is 84.3 Å². The van der Waals surface area contributed by atoms with E-state index in [1.54, 1.807) is 0 Å². The van der Waals surface area contributed by atoms with Crippen LogP contribution in [0.3, 0.4) is 0 Å². The van der Waals surface area contributed by atoms with Gasteiger partial charge in [0.25, 0.3) is 0 Å². The topological polar surface area (TPSA) is 96.3 Å². The maximum Gasteiger partial charge on any atom is 0.194 e. The minimum atomic E-state index is 0.378. The van der Waals surface area contributed by atoms with Gasteiger partial charge in [-0.15, -0.1) is 0 Å². The summed E-state index contributed by atoms with van der Waals surface area (Å²) in [5.74, 6) is 0.405. The number of nitrogens with zero attached hydrogens (tertiary/aromatic N) is 9. The normalized spacial score (nSPS) is 11.0. The maximum absolute atomic E-state index is 11.4. The van der Waals surface area contributed by atoms with Crippen molar-refractivity contribution in [1.82, 2.24) is 19.1 Å². The molecule has 84 heavy (non-hydrogen) atoms. The zero-order chi connectivity index (χ0) is 56.8. The molecule has 9 nitrogen and oxygen atoms in total. The highest BCUT2D eigenvalue weighted by molar-refractivity contribution is 6.15. The minimum absolute atomic E-state index is 0.378. The van der Waals surface area contributed by atoms with Crippen molar-refractivity contribution < 1.29 is 0 Å². The van der Waals surface area contributed by atoms with Gasteiger partial charge >= 0.3 is 0 Å². The lowest BCUT2D eigenvalue weighted by Crippen LogP contribution is -2.07. The average Bonchev–Trinajstić information content (AvgIpc) is 2.89. The van der Waals surface area contributed by atoms with Crippen LogP contribution in [-0.4, -0.2) is 19.1 Å². The average molecular weight is 1070 g/mol. The van der Waals surface area contributed by atoms with Crippen LogP contribution in [0.1, 0.15) is 11.1 Å². The van der Waals surface area contributed by atoms with Crippen LogP contribution in [0.5, 0.6) is 0 Å². The Morgan fingerprint density at radius 3 is 1.05 bits per heavy atom. The van der Waals surface area contributed by atoms with Gasteiger partial charge < -0.3 is 9.13 Å². The summed E-state index contributed by atoms with van der Waals surface area (Å²) in [4.78, 5) is 22.9. The SMILES string of the molecule is [C-]#[N+]c1ccccc1-c1ccc2c(c1)c1cc(-c3ccccc3C#N)ccc1n2-c1cc(C#N)cc(-n2c3ccc(-c4ccccc4[N+]#[C-])cc3c3cc(-c4ccccc4[N+]#[C-])ccc32)c1-c1nc(-c2ccccc2)cc(-c2ccccc2)n1. The van der Waals surface area contributed by atoms with Crippen molar-refractivity contribution >= 4 is 60.7 Å². The lowest BCUT2D eigenvalue weighted by atomic mass is 9.97. The first-order valence-electron chi connectivity index (χ1n) is 27.1. The maximum atomic E-state index is 11.4. The molecular weight excluding hydrogens is 1030 g/mol. The molecule has 0 unspecified atom stereocenters. The van der Waals surface area contributed by atoms with Gasteiger partial charge in [-0.25, -0.2) is 24.5 Å². The van der Waals surface area contributed by atoms with Crippen molar-refractivity contribution in [2.45, 2.75) is 0 Å². The van der Waals surface area contributed by atoms with E-state index in [9.17, 15) is 10.5 Å². The Kier molecular flexibility index (Phi) is 12.2. The first-order chi connectivity index (χ1) is 41.4. The lowest BCUT2D eigenvalue weighted by molar-refractivity contribution is 1.10. The summed E-state index contributed by atoms with van der Waals surface area (Å²) in [6, 6.07) is 86.4. The van der Waals surface area contributed by atoms with Crippen molar-refractivity contribution in [3.63, 3.8) is 0 Å². The standard InChI is InChI=1S/C75H41N9/c1-78-63-27-15-12-24-56(63)51-31-35-69-60(41-51)59-40-50(55-23-11-10-22-54(55)46-77)30-34-68(59)83(69)72-38-47(45-76)39-73(74(72)75-81-66(48-18-6-4-7-19-48)44-67(82-75)49-20-8-5-9-21-49)84-70-36-32-52(57-25-13-16-28-64(57)79-2)42-61(70)62-43-53(33-37-71(62)84)58-26-14-17-29-65(58)80-3/h4-44H. The van der Waals surface area contributed by atoms with E-state index in [1.165, 1.54) is 0 Å². The highest BCUT2D eigenvalue weighted by Crippen LogP contribution is 2.47. The van der Waals surface area contributed by atoms with E-state index in [0.29, 0.717) is 62.3 Å². The number of aromatic nitrogens is 4. The molecule has 0 aliphatic heterocycles. The second-order valence-corrected chi connectivity index (χ2v) is 20.3. The van der Waals surface area contributed by atoms with Crippen molar-refractivity contribution in [2.75, 3.05) is 0 Å². The number of fused-ring (bicyclic) bond motifs is 6. The van der Waals surface area contributed by atoms with Gasteiger partial charge in [-0.2, -0.15) is 10.5 Å². The summed E-state index contributed by atoms with van der Waals surface area (Å²) in [5, 5.41) is 25.3. The number of hydrogen-bond acceptors (Lipinski definition) is 4. The van der Waals surface area contributed by atoms with Gasteiger partial charge in [0.2, 0.25) is 0 Å². The van der Waals surface area contributed by atoms with Gasteiger partial charge in [-0.1, -0.05) is 176 Å². The molecule has 0 N–H and O–H groups in total. The molecule has 0 saturated carbocycles. The molecule has 9 heteroatoms. The third-order valence-electron chi connectivity index (χ3n) is 15.7. The molecule has 3 aromatic heterocycles. The van der Waals surface area contributed by atoms with Gasteiger partial charge in [0.15, 0.2) is 22.9 Å². The van der Waals surface area contributed by atoms with Crippen LogP contribution < -0.4 is 0 Å². The van der Waals surface area contributed by atoms with E-state index in [0.717, 1.165) is 99.2 Å². The lowest BCUT2D eigenvalue weighted by Gasteiger charge is -2.21. The highest BCUT2D eigenvalue weighted by Gasteiger charge is 2.27. The molecular formula is C75H41N9. The van der Waals surface area contributed by atoms with E-state index >= 15 is 0 Å². The van der Waals surface area contributed by atoms with E-state index in [4.69, 9.17) is 29.7 Å². The largest absolute Gasteiger partial charge is 0.308 e. The van der Waals surface area contributed by atoms with E-state index < -0.39 is 0 Å². The Bertz CT molecular complexity index is 4720. The number of rotatable bonds is 9. The number of nitriles is 2. The fourth-order valence-corrected chi connectivity index (χ4v) is 11.8. The Morgan fingerprint density at radius 2 is 0.679 bits per heavy atom. The van der Waals surface area contributed by atoms with Crippen molar-refractivity contribution in [2.24, 2.45) is 0 Å². The molecule has 0 amide bonds. The smallest absolute Gasteiger partial charge is 0.194 e. The van der Waals surface area contributed by atoms with Crippen LogP contribution in [0.15, 0.2) is 249 Å². The molecule has 0 saturated heterocycles. The van der Waals surface area contributed by atoms with Crippen LogP contribution >= 0.6 is 0 Å². The molecule has 3 heterocycles. The number of hydrogen-bond donors (Lipinski definition) is 0. The zero-order valence-corrected chi connectivity index (χ0v) is 44.7. The third kappa shape index (κ3) is 8.37. The first-order valence-corrected chi connectivity index (χ1v) is 27.1. The molecule has 386 valence electrons. The summed E-state index contributed by atoms with van der Waals surface area (Å²) < 4.78 is 4.40. The molecule has 0 aliphatic carbocycles. The van der Waals surface area contributed by atoms with Crippen LogP contribution in [0, 0.1) is 42.4 Å². The molecule has 0 atom stereocenters. The number of para-hydroxylation sites is 3. The summed E-state index contributed by atoms with van der Waals surface area (Å²) in [6.07, 6.45) is 0. The Morgan fingerprint density at radius 1 is 0.333 bits per heavy atom. The zero-order valence-electron chi connectivity index (χ0n) is 44.7. The predicted molar refractivity (Wildman–Crippen MR) is 337 cm³/mol. The van der Waals surface area contributed by atoms with Gasteiger partial charge in [0, 0.05) is 32.7 Å². The second-order valence-electron chi connectivity index (χ2n) is 20.3. The molecule has 0 bridgehead atoms. The molecule has 14 rings (SSSR count). The van der Waals surface area contributed by atoms with Gasteiger partial charge in [-0.05, 0) is 117 Å². The molecule has 14 aromatic rings. The van der Waals surface area contributed by atoms with Crippen molar-refractivity contribution in [3.8, 4) is 102 Å². The van der Waals surface area contributed by atoms with Crippen LogP contribution in [0.25, 0.3) is 148 Å². The highest BCUT2D eigenvalue weighted by atomic mass is 15.0.